The fourth-order valence-electron chi connectivity index (χ4n) is 6.46. The fraction of sp³-hybridized carbons (Fsp3) is 0.621. The molecule has 3 saturated heterocycles. The lowest BCUT2D eigenvalue weighted by Crippen LogP contribution is -2.50. The molecule has 0 spiro atoms. The van der Waals surface area contributed by atoms with Crippen molar-refractivity contribution in [3.63, 3.8) is 0 Å². The number of rotatable bonds is 8. The van der Waals surface area contributed by atoms with E-state index in [0.29, 0.717) is 43.2 Å². The van der Waals surface area contributed by atoms with Crippen molar-refractivity contribution in [2.75, 3.05) is 49.5 Å². The average Bonchev–Trinajstić information content (AvgIpc) is 3.14. The molecule has 0 saturated carbocycles. The minimum atomic E-state index is -0.370. The van der Waals surface area contributed by atoms with Crippen molar-refractivity contribution >= 4 is 17.7 Å². The van der Waals surface area contributed by atoms with E-state index in [0.717, 1.165) is 57.6 Å². The van der Waals surface area contributed by atoms with Crippen molar-refractivity contribution in [3.05, 3.63) is 47.9 Å². The standard InChI is InChI=1S/C29H42FN7O/c30-23-8-5-7-22(21-23)28(38)36-18-11-24(12-19-36)37-20-13-25(26(37)9-6-14-31)33-29-32-15-10-27(34-29)35-16-3-1-2-4-17-35/h5,7-8,10,15,21,24-26H,1-4,6,9,11-14,16-20,31H2,(H,32,33,34). The van der Waals surface area contributed by atoms with Crippen LogP contribution in [0.5, 0.6) is 0 Å². The second kappa shape index (κ2) is 12.8. The minimum absolute atomic E-state index is 0.0787. The lowest BCUT2D eigenvalue weighted by atomic mass is 9.98. The van der Waals surface area contributed by atoms with Gasteiger partial charge >= 0.3 is 0 Å². The van der Waals surface area contributed by atoms with Crippen LogP contribution in [0.25, 0.3) is 0 Å². The molecule has 5 rings (SSSR count). The number of anilines is 2. The lowest BCUT2D eigenvalue weighted by molar-refractivity contribution is 0.0590. The van der Waals surface area contributed by atoms with Gasteiger partial charge in [0.15, 0.2) is 0 Å². The normalized spacial score (nSPS) is 23.4. The molecule has 0 aliphatic carbocycles. The highest BCUT2D eigenvalue weighted by Crippen LogP contribution is 2.31. The maximum Gasteiger partial charge on any atom is 0.253 e. The van der Waals surface area contributed by atoms with Gasteiger partial charge in [0, 0.05) is 62.6 Å². The predicted octanol–water partition coefficient (Wildman–Crippen LogP) is 3.89. The van der Waals surface area contributed by atoms with Crippen molar-refractivity contribution in [3.8, 4) is 0 Å². The number of hydrogen-bond donors (Lipinski definition) is 2. The van der Waals surface area contributed by atoms with Crippen LogP contribution in [-0.2, 0) is 0 Å². The highest BCUT2D eigenvalue weighted by Gasteiger charge is 2.39. The van der Waals surface area contributed by atoms with Crippen molar-refractivity contribution < 1.29 is 9.18 Å². The van der Waals surface area contributed by atoms with Crippen LogP contribution in [0.2, 0.25) is 0 Å². The number of nitrogens with zero attached hydrogens (tertiary/aromatic N) is 5. The summed E-state index contributed by atoms with van der Waals surface area (Å²) in [6, 6.07) is 9.08. The summed E-state index contributed by atoms with van der Waals surface area (Å²) in [5.41, 5.74) is 6.35. The number of aromatic nitrogens is 2. The average molecular weight is 524 g/mol. The van der Waals surface area contributed by atoms with E-state index in [-0.39, 0.29) is 17.8 Å². The zero-order chi connectivity index (χ0) is 26.3. The summed E-state index contributed by atoms with van der Waals surface area (Å²) < 4.78 is 13.6. The van der Waals surface area contributed by atoms with Gasteiger partial charge in [0.05, 0.1) is 0 Å². The first-order valence-corrected chi connectivity index (χ1v) is 14.5. The maximum atomic E-state index is 13.6. The van der Waals surface area contributed by atoms with E-state index in [9.17, 15) is 9.18 Å². The molecule has 9 heteroatoms. The van der Waals surface area contributed by atoms with Gasteiger partial charge in [-0.25, -0.2) is 9.37 Å². The third-order valence-electron chi connectivity index (χ3n) is 8.47. The van der Waals surface area contributed by atoms with E-state index in [4.69, 9.17) is 10.7 Å². The molecular weight excluding hydrogens is 481 g/mol. The first-order chi connectivity index (χ1) is 18.6. The number of carbonyl (C=O) groups is 1. The highest BCUT2D eigenvalue weighted by molar-refractivity contribution is 5.94. The van der Waals surface area contributed by atoms with Gasteiger partial charge in [-0.15, -0.1) is 0 Å². The van der Waals surface area contributed by atoms with E-state index in [1.54, 1.807) is 12.1 Å². The summed E-state index contributed by atoms with van der Waals surface area (Å²) in [4.78, 5) is 29.3. The van der Waals surface area contributed by atoms with Gasteiger partial charge in [0.1, 0.15) is 11.6 Å². The summed E-state index contributed by atoms with van der Waals surface area (Å²) in [5.74, 6) is 1.29. The van der Waals surface area contributed by atoms with E-state index in [2.05, 4.69) is 20.1 Å². The smallest absolute Gasteiger partial charge is 0.253 e. The Morgan fingerprint density at radius 3 is 2.55 bits per heavy atom. The largest absolute Gasteiger partial charge is 0.356 e. The summed E-state index contributed by atoms with van der Waals surface area (Å²) >= 11 is 0. The quantitative estimate of drug-likeness (QED) is 0.542. The van der Waals surface area contributed by atoms with Crippen LogP contribution in [0.3, 0.4) is 0 Å². The molecule has 8 nitrogen and oxygen atoms in total. The number of piperidine rings is 1. The molecular formula is C29H42FN7O. The molecule has 4 heterocycles. The molecule has 1 amide bonds. The zero-order valence-electron chi connectivity index (χ0n) is 22.4. The summed E-state index contributed by atoms with van der Waals surface area (Å²) in [7, 11) is 0. The van der Waals surface area contributed by atoms with Crippen LogP contribution in [-0.4, -0.2) is 83.1 Å². The van der Waals surface area contributed by atoms with Crippen molar-refractivity contribution in [1.29, 1.82) is 0 Å². The number of amides is 1. The van der Waals surface area contributed by atoms with Crippen LogP contribution in [0.1, 0.15) is 68.1 Å². The molecule has 3 N–H and O–H groups in total. The lowest BCUT2D eigenvalue weighted by Gasteiger charge is -2.40. The molecule has 206 valence electrons. The van der Waals surface area contributed by atoms with E-state index in [1.165, 1.54) is 37.8 Å². The monoisotopic (exact) mass is 523 g/mol. The molecule has 38 heavy (non-hydrogen) atoms. The summed E-state index contributed by atoms with van der Waals surface area (Å²) in [6.07, 6.45) is 11.8. The van der Waals surface area contributed by atoms with Crippen LogP contribution < -0.4 is 16.0 Å². The number of likely N-dealkylation sites (tertiary alicyclic amines) is 2. The van der Waals surface area contributed by atoms with Crippen LogP contribution in [0, 0.1) is 5.82 Å². The zero-order valence-corrected chi connectivity index (χ0v) is 22.4. The first-order valence-electron chi connectivity index (χ1n) is 14.5. The molecule has 1 aromatic carbocycles. The van der Waals surface area contributed by atoms with Gasteiger partial charge in [-0.05, 0) is 75.8 Å². The summed E-state index contributed by atoms with van der Waals surface area (Å²) in [5, 5.41) is 3.69. The second-order valence-electron chi connectivity index (χ2n) is 10.9. The van der Waals surface area contributed by atoms with E-state index in [1.807, 2.05) is 17.2 Å². The number of benzene rings is 1. The number of nitrogens with two attached hydrogens (primary N) is 1. The number of nitrogens with one attached hydrogen (secondary N) is 1. The minimum Gasteiger partial charge on any atom is -0.356 e. The number of halogens is 1. The van der Waals surface area contributed by atoms with Gasteiger partial charge in [-0.1, -0.05) is 18.9 Å². The van der Waals surface area contributed by atoms with Crippen LogP contribution >= 0.6 is 0 Å². The molecule has 0 radical (unpaired) electrons. The van der Waals surface area contributed by atoms with Crippen LogP contribution in [0.15, 0.2) is 36.5 Å². The maximum absolute atomic E-state index is 13.6. The molecule has 2 atom stereocenters. The van der Waals surface area contributed by atoms with Gasteiger partial charge in [0.25, 0.3) is 5.91 Å². The first kappa shape index (κ1) is 26.8. The molecule has 0 bridgehead atoms. The Morgan fingerprint density at radius 1 is 1.03 bits per heavy atom. The Kier molecular flexibility index (Phi) is 9.06. The van der Waals surface area contributed by atoms with Crippen molar-refractivity contribution in [2.45, 2.75) is 75.9 Å². The summed E-state index contributed by atoms with van der Waals surface area (Å²) in [6.45, 7) is 5.21. The molecule has 3 fully saturated rings. The van der Waals surface area contributed by atoms with E-state index >= 15 is 0 Å². The molecule has 3 aliphatic heterocycles. The highest BCUT2D eigenvalue weighted by atomic mass is 19.1. The third-order valence-corrected chi connectivity index (χ3v) is 8.47. The molecule has 2 aromatic rings. The Hall–Kier alpha value is -2.78. The second-order valence-corrected chi connectivity index (χ2v) is 10.9. The van der Waals surface area contributed by atoms with Crippen LogP contribution in [0.4, 0.5) is 16.2 Å². The van der Waals surface area contributed by atoms with Gasteiger partial charge in [-0.2, -0.15) is 4.98 Å². The molecule has 3 aliphatic rings. The van der Waals surface area contributed by atoms with Gasteiger partial charge in [-0.3, -0.25) is 9.69 Å². The van der Waals surface area contributed by atoms with Crippen molar-refractivity contribution in [1.82, 2.24) is 19.8 Å². The number of carbonyl (C=O) groups excluding carboxylic acids is 1. The Labute approximate surface area is 225 Å². The molecule has 1 aromatic heterocycles. The fourth-order valence-corrected chi connectivity index (χ4v) is 6.46. The van der Waals surface area contributed by atoms with E-state index < -0.39 is 0 Å². The predicted molar refractivity (Wildman–Crippen MR) is 149 cm³/mol. The number of hydrogen-bond acceptors (Lipinski definition) is 7. The Morgan fingerprint density at radius 2 is 1.82 bits per heavy atom. The SMILES string of the molecule is NCCCC1C(Nc2nccc(N3CCCCCC3)n2)CCN1C1CCN(C(=O)c2cccc(F)c2)CC1. The molecule has 2 unspecified atom stereocenters. The Bertz CT molecular complexity index is 1050. The topological polar surface area (TPSA) is 90.6 Å². The van der Waals surface area contributed by atoms with Gasteiger partial charge < -0.3 is 20.9 Å². The van der Waals surface area contributed by atoms with Gasteiger partial charge in [0.2, 0.25) is 5.95 Å². The third kappa shape index (κ3) is 6.43. The Balaban J connectivity index is 1.21. The van der Waals surface area contributed by atoms with Crippen molar-refractivity contribution in [2.24, 2.45) is 5.73 Å².